The molecule has 1 N–H and O–H groups in total. The fourth-order valence-electron chi connectivity index (χ4n) is 4.88. The molecule has 1 unspecified atom stereocenters. The van der Waals surface area contributed by atoms with Crippen LogP contribution in [0.3, 0.4) is 0 Å². The average Bonchev–Trinajstić information content (AvgIpc) is 2.87. The van der Waals surface area contributed by atoms with E-state index in [1.807, 2.05) is 56.3 Å². The maximum absolute atomic E-state index is 13.4. The van der Waals surface area contributed by atoms with E-state index < -0.39 is 16.1 Å². The van der Waals surface area contributed by atoms with Gasteiger partial charge < -0.3 is 9.64 Å². The lowest BCUT2D eigenvalue weighted by Crippen LogP contribution is -2.40. The number of fused-ring (bicyclic) bond motifs is 8. The van der Waals surface area contributed by atoms with Gasteiger partial charge in [-0.05, 0) is 48.2 Å². The molecule has 10 heteroatoms. The van der Waals surface area contributed by atoms with Crippen LogP contribution in [0.5, 0.6) is 5.88 Å². The number of anilines is 1. The summed E-state index contributed by atoms with van der Waals surface area (Å²) in [6, 6.07) is 18.1. The fourth-order valence-corrected chi connectivity index (χ4v) is 5.80. The molecule has 6 rings (SSSR count). The van der Waals surface area contributed by atoms with Crippen LogP contribution in [-0.4, -0.2) is 40.7 Å². The van der Waals surface area contributed by atoms with Crippen LogP contribution in [0.4, 0.5) is 5.95 Å². The summed E-state index contributed by atoms with van der Waals surface area (Å²) in [4.78, 5) is 28.0. The summed E-state index contributed by atoms with van der Waals surface area (Å²) in [5, 5.41) is -0.296. The number of benzene rings is 2. The summed E-state index contributed by atoms with van der Waals surface area (Å²) < 4.78 is 35.3. The molecule has 2 aliphatic heterocycles. The van der Waals surface area contributed by atoms with Crippen molar-refractivity contribution < 1.29 is 17.9 Å². The highest BCUT2D eigenvalue weighted by atomic mass is 32.2. The van der Waals surface area contributed by atoms with Crippen molar-refractivity contribution in [1.29, 1.82) is 0 Å². The lowest BCUT2D eigenvalue weighted by Gasteiger charge is -2.34. The van der Waals surface area contributed by atoms with Gasteiger partial charge in [-0.25, -0.2) is 14.7 Å². The van der Waals surface area contributed by atoms with Gasteiger partial charge in [0.2, 0.25) is 11.8 Å². The lowest BCUT2D eigenvalue weighted by atomic mass is 9.96. The number of carbonyl (C=O) groups excluding carboxylic acids is 1. The summed E-state index contributed by atoms with van der Waals surface area (Å²) in [6.07, 6.45) is 0.799. The zero-order valence-electron chi connectivity index (χ0n) is 20.2. The van der Waals surface area contributed by atoms with Gasteiger partial charge in [-0.2, -0.15) is 13.4 Å². The Bertz CT molecular complexity index is 1650. The van der Waals surface area contributed by atoms with Gasteiger partial charge in [-0.3, -0.25) is 4.79 Å². The largest absolute Gasteiger partial charge is 0.467 e. The first-order valence-electron chi connectivity index (χ1n) is 11.8. The van der Waals surface area contributed by atoms with Crippen LogP contribution in [0.2, 0.25) is 0 Å². The molecule has 0 spiro atoms. The number of hydrogen-bond donors (Lipinski definition) is 1. The molecule has 186 valence electrons. The minimum absolute atomic E-state index is 0.145. The van der Waals surface area contributed by atoms with Crippen LogP contribution in [0.15, 0.2) is 71.9 Å². The normalized spacial score (nSPS) is 17.8. The lowest BCUT2D eigenvalue weighted by molar-refractivity contribution is 0.0589. The second-order valence-corrected chi connectivity index (χ2v) is 10.8. The van der Waals surface area contributed by atoms with Crippen LogP contribution >= 0.6 is 0 Å². The van der Waals surface area contributed by atoms with Crippen molar-refractivity contribution in [3.63, 3.8) is 0 Å². The second-order valence-electron chi connectivity index (χ2n) is 9.16. The van der Waals surface area contributed by atoms with Gasteiger partial charge in [0.1, 0.15) is 6.10 Å². The first-order chi connectivity index (χ1) is 17.8. The van der Waals surface area contributed by atoms with E-state index >= 15 is 0 Å². The maximum Gasteiger partial charge on any atom is 0.281 e. The number of amides is 1. The number of sulfonamides is 1. The molecule has 2 aromatic heterocycles. The molecule has 0 aliphatic carbocycles. The number of rotatable bonds is 1. The van der Waals surface area contributed by atoms with Gasteiger partial charge in [0.25, 0.3) is 15.9 Å². The van der Waals surface area contributed by atoms with Crippen molar-refractivity contribution in [2.75, 3.05) is 11.3 Å². The quantitative estimate of drug-likeness (QED) is 0.408. The van der Waals surface area contributed by atoms with Crippen LogP contribution in [-0.2, 0) is 16.6 Å². The molecule has 6 bridgehead atoms. The van der Waals surface area contributed by atoms with E-state index in [1.54, 1.807) is 11.0 Å². The SMILES string of the molecule is Cc1cccc(C)c1-c1cc2nc(n1)NS(=O)(=O)c1cc(ccn1)C(=O)N1Cc3ccccc3C(C1)O2. The molecule has 0 saturated carbocycles. The monoisotopic (exact) mass is 513 g/mol. The van der Waals surface area contributed by atoms with E-state index in [4.69, 9.17) is 4.74 Å². The van der Waals surface area contributed by atoms with E-state index in [9.17, 15) is 13.2 Å². The third kappa shape index (κ3) is 4.19. The Kier molecular flexibility index (Phi) is 5.41. The van der Waals surface area contributed by atoms with Gasteiger partial charge in [0.05, 0.1) is 12.2 Å². The number of nitrogens with zero attached hydrogens (tertiary/aromatic N) is 4. The molecule has 2 aliphatic rings. The molecule has 2 aromatic carbocycles. The molecule has 0 saturated heterocycles. The van der Waals surface area contributed by atoms with E-state index in [0.717, 1.165) is 27.8 Å². The molecule has 0 fully saturated rings. The Morgan fingerprint density at radius 3 is 2.59 bits per heavy atom. The maximum atomic E-state index is 13.4. The molecule has 37 heavy (non-hydrogen) atoms. The Labute approximate surface area is 214 Å². The van der Waals surface area contributed by atoms with Gasteiger partial charge in [-0.1, -0.05) is 42.5 Å². The predicted octanol–water partition coefficient (Wildman–Crippen LogP) is 4.05. The van der Waals surface area contributed by atoms with Gasteiger partial charge in [0.15, 0.2) is 5.03 Å². The minimum atomic E-state index is -4.19. The van der Waals surface area contributed by atoms with Crippen molar-refractivity contribution in [2.45, 2.75) is 31.5 Å². The van der Waals surface area contributed by atoms with Gasteiger partial charge >= 0.3 is 0 Å². The summed E-state index contributed by atoms with van der Waals surface area (Å²) >= 11 is 0. The third-order valence-corrected chi connectivity index (χ3v) is 7.85. The Hall–Kier alpha value is -4.31. The predicted molar refractivity (Wildman–Crippen MR) is 137 cm³/mol. The van der Waals surface area contributed by atoms with Crippen molar-refractivity contribution >= 4 is 21.9 Å². The molecule has 4 heterocycles. The van der Waals surface area contributed by atoms with E-state index in [2.05, 4.69) is 19.7 Å². The van der Waals surface area contributed by atoms with Gasteiger partial charge in [0, 0.05) is 29.9 Å². The highest BCUT2D eigenvalue weighted by Gasteiger charge is 2.32. The molecule has 0 radical (unpaired) electrons. The number of aromatic nitrogens is 3. The van der Waals surface area contributed by atoms with Crippen LogP contribution < -0.4 is 9.46 Å². The van der Waals surface area contributed by atoms with Gasteiger partial charge in [-0.15, -0.1) is 0 Å². The molecule has 9 nitrogen and oxygen atoms in total. The van der Waals surface area contributed by atoms with Crippen LogP contribution in [0.1, 0.15) is 38.7 Å². The first kappa shape index (κ1) is 23.1. The zero-order valence-corrected chi connectivity index (χ0v) is 21.0. The Morgan fingerprint density at radius 2 is 1.78 bits per heavy atom. The summed E-state index contributed by atoms with van der Waals surface area (Å²) in [6.45, 7) is 4.58. The summed E-state index contributed by atoms with van der Waals surface area (Å²) in [5.41, 5.74) is 5.46. The number of nitrogens with one attached hydrogen (secondary N) is 1. The zero-order chi connectivity index (χ0) is 25.7. The summed E-state index contributed by atoms with van der Waals surface area (Å²) in [5.74, 6) is -0.262. The van der Waals surface area contributed by atoms with Crippen LogP contribution in [0, 0.1) is 13.8 Å². The van der Waals surface area contributed by atoms with Crippen molar-refractivity contribution in [3.8, 4) is 17.1 Å². The highest BCUT2D eigenvalue weighted by molar-refractivity contribution is 7.92. The second kappa shape index (κ2) is 8.67. The average molecular weight is 514 g/mol. The molecular weight excluding hydrogens is 490 g/mol. The topological polar surface area (TPSA) is 114 Å². The van der Waals surface area contributed by atoms with Crippen molar-refractivity contribution in [2.24, 2.45) is 0 Å². The first-order valence-corrected chi connectivity index (χ1v) is 13.2. The number of aryl methyl sites for hydroxylation is 2. The number of hydrogen-bond acceptors (Lipinski definition) is 7. The number of carbonyl (C=O) groups is 1. The number of ether oxygens (including phenoxy) is 1. The van der Waals surface area contributed by atoms with E-state index in [1.165, 1.54) is 18.3 Å². The third-order valence-electron chi connectivity index (χ3n) is 6.62. The minimum Gasteiger partial charge on any atom is -0.467 e. The molecule has 1 amide bonds. The van der Waals surface area contributed by atoms with Crippen molar-refractivity contribution in [1.82, 2.24) is 19.9 Å². The fraction of sp³-hybridized carbons (Fsp3) is 0.185. The molecular formula is C27H23N5O4S. The number of pyridine rings is 1. The Balaban J connectivity index is 1.57. The van der Waals surface area contributed by atoms with Crippen LogP contribution in [0.25, 0.3) is 11.3 Å². The smallest absolute Gasteiger partial charge is 0.281 e. The molecule has 1 atom stereocenters. The van der Waals surface area contributed by atoms with Crippen molar-refractivity contribution in [3.05, 3.63) is 94.7 Å². The van der Waals surface area contributed by atoms with E-state index in [0.29, 0.717) is 12.2 Å². The summed E-state index contributed by atoms with van der Waals surface area (Å²) in [7, 11) is -4.19. The Morgan fingerprint density at radius 1 is 1.00 bits per heavy atom. The molecule has 4 aromatic rings. The standard InChI is InChI=1S/C27H23N5O4S/c1-16-6-5-7-17(2)25(16)21-13-23-30-27(29-21)31-37(34,35)24-12-18(10-11-28-24)26(33)32-14-19-8-3-4-9-20(19)22(15-32)36-23/h3-13,22H,14-15H2,1-2H3,(H,29,30,31). The highest BCUT2D eigenvalue weighted by Crippen LogP contribution is 2.34. The van der Waals surface area contributed by atoms with E-state index in [-0.39, 0.29) is 34.9 Å².